The summed E-state index contributed by atoms with van der Waals surface area (Å²) in [4.78, 5) is 23.2. The highest BCUT2D eigenvalue weighted by Gasteiger charge is 2.31. The lowest BCUT2D eigenvalue weighted by atomic mass is 9.95. The van der Waals surface area contributed by atoms with Crippen molar-refractivity contribution >= 4 is 29.9 Å². The van der Waals surface area contributed by atoms with Gasteiger partial charge >= 0.3 is 0 Å². The Labute approximate surface area is 148 Å². The second-order valence-corrected chi connectivity index (χ2v) is 5.88. The zero-order valence-electron chi connectivity index (χ0n) is 13.9. The van der Waals surface area contributed by atoms with E-state index in [1.165, 1.54) is 6.92 Å². The van der Waals surface area contributed by atoms with Crippen LogP contribution < -0.4 is 21.1 Å². The number of halogens is 1. The van der Waals surface area contributed by atoms with Crippen molar-refractivity contribution in [1.82, 2.24) is 5.32 Å². The van der Waals surface area contributed by atoms with Crippen LogP contribution in [0.2, 0.25) is 0 Å². The molecule has 0 radical (unpaired) electrons. The van der Waals surface area contributed by atoms with Gasteiger partial charge in [0.15, 0.2) is 0 Å². The monoisotopic (exact) mass is 355 g/mol. The molecule has 7 heteroatoms. The molecular formula is C17H26ClN3O3. The summed E-state index contributed by atoms with van der Waals surface area (Å²) in [6.07, 6.45) is 3.04. The molecule has 2 atom stereocenters. The van der Waals surface area contributed by atoms with Gasteiger partial charge in [-0.05, 0) is 37.4 Å². The van der Waals surface area contributed by atoms with E-state index in [-0.39, 0.29) is 30.1 Å². The first-order valence-electron chi connectivity index (χ1n) is 8.08. The van der Waals surface area contributed by atoms with Crippen LogP contribution in [-0.2, 0) is 9.59 Å². The molecule has 134 valence electrons. The standard InChI is InChI=1S/C17H25N3O3.ClH/c1-12(21)20-14-5-3-6-15(10-14)23-9-8-19-17(22)16-7-2-4-13(16)11-18;/h3,5-6,10,13,16H,2,4,7-9,11,18H2,1H3,(H,19,22)(H,20,21);1H/t13-,16-;/m1./s1. The van der Waals surface area contributed by atoms with Gasteiger partial charge in [0.1, 0.15) is 12.4 Å². The van der Waals surface area contributed by atoms with E-state index in [2.05, 4.69) is 10.6 Å². The smallest absolute Gasteiger partial charge is 0.223 e. The zero-order valence-corrected chi connectivity index (χ0v) is 14.7. The van der Waals surface area contributed by atoms with Crippen LogP contribution in [0.5, 0.6) is 5.75 Å². The number of hydrogen-bond donors (Lipinski definition) is 3. The van der Waals surface area contributed by atoms with Crippen molar-refractivity contribution in [3.05, 3.63) is 24.3 Å². The number of benzene rings is 1. The van der Waals surface area contributed by atoms with Crippen molar-refractivity contribution in [3.63, 3.8) is 0 Å². The normalized spacial score (nSPS) is 19.2. The molecule has 4 N–H and O–H groups in total. The van der Waals surface area contributed by atoms with Gasteiger partial charge in [-0.1, -0.05) is 12.5 Å². The van der Waals surface area contributed by atoms with E-state index in [1.807, 2.05) is 12.1 Å². The third kappa shape index (κ3) is 6.02. The second kappa shape index (κ2) is 10.2. The summed E-state index contributed by atoms with van der Waals surface area (Å²) in [6, 6.07) is 7.17. The number of anilines is 1. The molecule has 0 aliphatic heterocycles. The van der Waals surface area contributed by atoms with Crippen LogP contribution in [0.4, 0.5) is 5.69 Å². The molecule has 1 saturated carbocycles. The van der Waals surface area contributed by atoms with Crippen LogP contribution in [0, 0.1) is 11.8 Å². The summed E-state index contributed by atoms with van der Waals surface area (Å²) >= 11 is 0. The van der Waals surface area contributed by atoms with Crippen molar-refractivity contribution < 1.29 is 14.3 Å². The van der Waals surface area contributed by atoms with E-state index < -0.39 is 0 Å². The van der Waals surface area contributed by atoms with E-state index in [9.17, 15) is 9.59 Å². The van der Waals surface area contributed by atoms with Crippen LogP contribution in [0.15, 0.2) is 24.3 Å². The summed E-state index contributed by atoms with van der Waals surface area (Å²) in [6.45, 7) is 2.87. The molecule has 0 bridgehead atoms. The number of carbonyl (C=O) groups excluding carboxylic acids is 2. The van der Waals surface area contributed by atoms with Gasteiger partial charge in [-0.15, -0.1) is 12.4 Å². The molecule has 24 heavy (non-hydrogen) atoms. The van der Waals surface area contributed by atoms with Crippen molar-refractivity contribution in [2.24, 2.45) is 17.6 Å². The predicted molar refractivity (Wildman–Crippen MR) is 96.4 cm³/mol. The van der Waals surface area contributed by atoms with Crippen molar-refractivity contribution in [2.75, 3.05) is 25.0 Å². The number of nitrogens with two attached hydrogens (primary N) is 1. The Bertz CT molecular complexity index is 554. The molecule has 0 aromatic heterocycles. The highest BCUT2D eigenvalue weighted by Crippen LogP contribution is 2.30. The van der Waals surface area contributed by atoms with Crippen LogP contribution in [-0.4, -0.2) is 31.5 Å². The average Bonchev–Trinajstić information content (AvgIpc) is 3.00. The molecular weight excluding hydrogens is 330 g/mol. The Balaban J connectivity index is 0.00000288. The Morgan fingerprint density at radius 1 is 1.33 bits per heavy atom. The molecule has 6 nitrogen and oxygen atoms in total. The Hall–Kier alpha value is -1.79. The number of carbonyl (C=O) groups is 2. The summed E-state index contributed by atoms with van der Waals surface area (Å²) in [7, 11) is 0. The van der Waals surface area contributed by atoms with Crippen molar-refractivity contribution in [3.8, 4) is 5.75 Å². The summed E-state index contributed by atoms with van der Waals surface area (Å²) in [5.74, 6) is 0.966. The molecule has 0 spiro atoms. The number of hydrogen-bond acceptors (Lipinski definition) is 4. The fraction of sp³-hybridized carbons (Fsp3) is 0.529. The first-order chi connectivity index (χ1) is 11.1. The van der Waals surface area contributed by atoms with Gasteiger partial charge < -0.3 is 21.1 Å². The van der Waals surface area contributed by atoms with Gasteiger partial charge in [-0.2, -0.15) is 0 Å². The van der Waals surface area contributed by atoms with Gasteiger partial charge in [0.05, 0.1) is 6.54 Å². The quantitative estimate of drug-likeness (QED) is 0.651. The molecule has 2 amide bonds. The highest BCUT2D eigenvalue weighted by atomic mass is 35.5. The lowest BCUT2D eigenvalue weighted by Crippen LogP contribution is -2.37. The topological polar surface area (TPSA) is 93.5 Å². The summed E-state index contributed by atoms with van der Waals surface area (Å²) in [5, 5.41) is 5.62. The Morgan fingerprint density at radius 2 is 2.12 bits per heavy atom. The minimum atomic E-state index is -0.125. The maximum absolute atomic E-state index is 12.1. The Kier molecular flexibility index (Phi) is 8.57. The molecule has 2 rings (SSSR count). The second-order valence-electron chi connectivity index (χ2n) is 5.88. The minimum absolute atomic E-state index is 0. The first-order valence-corrected chi connectivity index (χ1v) is 8.08. The molecule has 0 saturated heterocycles. The summed E-state index contributed by atoms with van der Waals surface area (Å²) in [5.41, 5.74) is 6.40. The molecule has 0 unspecified atom stereocenters. The van der Waals surface area contributed by atoms with Crippen molar-refractivity contribution in [1.29, 1.82) is 0 Å². The van der Waals surface area contributed by atoms with Crippen LogP contribution in [0.1, 0.15) is 26.2 Å². The molecule has 1 fully saturated rings. The zero-order chi connectivity index (χ0) is 16.7. The highest BCUT2D eigenvalue weighted by molar-refractivity contribution is 5.88. The van der Waals surface area contributed by atoms with E-state index in [0.717, 1.165) is 19.3 Å². The van der Waals surface area contributed by atoms with Gasteiger partial charge in [0.25, 0.3) is 0 Å². The third-order valence-electron chi connectivity index (χ3n) is 4.12. The number of nitrogens with one attached hydrogen (secondary N) is 2. The number of rotatable bonds is 7. The molecule has 1 aromatic rings. The Morgan fingerprint density at radius 3 is 2.83 bits per heavy atom. The summed E-state index contributed by atoms with van der Waals surface area (Å²) < 4.78 is 5.60. The van der Waals surface area contributed by atoms with E-state index in [1.54, 1.807) is 12.1 Å². The molecule has 1 aliphatic carbocycles. The lowest BCUT2D eigenvalue weighted by Gasteiger charge is -2.17. The van der Waals surface area contributed by atoms with Crippen LogP contribution >= 0.6 is 12.4 Å². The van der Waals surface area contributed by atoms with Gasteiger partial charge in [-0.3, -0.25) is 9.59 Å². The van der Waals surface area contributed by atoms with Crippen molar-refractivity contribution in [2.45, 2.75) is 26.2 Å². The number of ether oxygens (including phenoxy) is 1. The molecule has 1 aromatic carbocycles. The maximum Gasteiger partial charge on any atom is 0.223 e. The van der Waals surface area contributed by atoms with Gasteiger partial charge in [-0.25, -0.2) is 0 Å². The third-order valence-corrected chi connectivity index (χ3v) is 4.12. The molecule has 0 heterocycles. The fourth-order valence-electron chi connectivity index (χ4n) is 3.01. The number of amides is 2. The largest absolute Gasteiger partial charge is 0.492 e. The van der Waals surface area contributed by atoms with Crippen LogP contribution in [0.3, 0.4) is 0 Å². The maximum atomic E-state index is 12.1. The minimum Gasteiger partial charge on any atom is -0.492 e. The predicted octanol–water partition coefficient (Wildman–Crippen LogP) is 1.94. The average molecular weight is 356 g/mol. The lowest BCUT2D eigenvalue weighted by molar-refractivity contribution is -0.126. The SMILES string of the molecule is CC(=O)Nc1cccc(OCCNC(=O)[C@@H]2CCC[C@@H]2CN)c1.Cl. The van der Waals surface area contributed by atoms with Gasteiger partial charge in [0, 0.05) is 24.6 Å². The van der Waals surface area contributed by atoms with Crippen LogP contribution in [0.25, 0.3) is 0 Å². The van der Waals surface area contributed by atoms with E-state index in [0.29, 0.717) is 37.1 Å². The van der Waals surface area contributed by atoms with Gasteiger partial charge in [0.2, 0.25) is 11.8 Å². The molecule has 1 aliphatic rings. The fourth-order valence-corrected chi connectivity index (χ4v) is 3.01. The first kappa shape index (κ1) is 20.3. The van der Waals surface area contributed by atoms with E-state index in [4.69, 9.17) is 10.5 Å². The van der Waals surface area contributed by atoms with E-state index >= 15 is 0 Å².